The number of carbonyl (C=O) groups is 1. The molecule has 1 aliphatic heterocycles. The number of thiophene rings is 1. The predicted molar refractivity (Wildman–Crippen MR) is 85.8 cm³/mol. The number of piperidine rings is 1. The average molecular weight is 315 g/mol. The Morgan fingerprint density at radius 1 is 1.60 bits per heavy atom. The van der Waals surface area contributed by atoms with Crippen LogP contribution in [0.4, 0.5) is 0 Å². The smallest absolute Gasteiger partial charge is 0.265 e. The van der Waals surface area contributed by atoms with Crippen LogP contribution in [-0.2, 0) is 0 Å². The lowest BCUT2D eigenvalue weighted by Crippen LogP contribution is -2.44. The topological polar surface area (TPSA) is 32.3 Å². The van der Waals surface area contributed by atoms with E-state index in [0.29, 0.717) is 15.8 Å². The van der Waals surface area contributed by atoms with Gasteiger partial charge < -0.3 is 10.2 Å². The summed E-state index contributed by atoms with van der Waals surface area (Å²) in [6.07, 6.45) is 2.39. The van der Waals surface area contributed by atoms with Gasteiger partial charge in [0.15, 0.2) is 0 Å². The number of nitrogens with one attached hydrogen (secondary N) is 1. The Bertz CT molecular complexity index is 466. The molecule has 1 aromatic heterocycles. The molecule has 0 spiro atoms. The zero-order chi connectivity index (χ0) is 14.7. The first kappa shape index (κ1) is 15.8. The maximum Gasteiger partial charge on any atom is 0.265 e. The van der Waals surface area contributed by atoms with E-state index in [1.807, 2.05) is 17.2 Å². The minimum atomic E-state index is 0.0775. The normalized spacial score (nSPS) is 19.4. The summed E-state index contributed by atoms with van der Waals surface area (Å²) in [6, 6.07) is 0.197. The number of carbonyl (C=O) groups excluding carboxylic acids is 1. The molecule has 2 rings (SSSR count). The van der Waals surface area contributed by atoms with Crippen molar-refractivity contribution in [2.45, 2.75) is 39.7 Å². The lowest BCUT2D eigenvalue weighted by Gasteiger charge is -2.32. The van der Waals surface area contributed by atoms with Crippen LogP contribution in [0.25, 0.3) is 0 Å². The number of amides is 1. The van der Waals surface area contributed by atoms with Gasteiger partial charge in [0.25, 0.3) is 5.91 Å². The molecule has 20 heavy (non-hydrogen) atoms. The highest BCUT2D eigenvalue weighted by molar-refractivity contribution is 7.13. The maximum absolute atomic E-state index is 12.7. The molecule has 1 fully saturated rings. The van der Waals surface area contributed by atoms with E-state index >= 15 is 0 Å². The van der Waals surface area contributed by atoms with Crippen LogP contribution in [0.2, 0.25) is 5.02 Å². The second-order valence-electron chi connectivity index (χ2n) is 5.83. The third-order valence-electron chi connectivity index (χ3n) is 3.83. The minimum absolute atomic E-state index is 0.0775. The molecular weight excluding hydrogens is 292 g/mol. The van der Waals surface area contributed by atoms with Gasteiger partial charge in [-0.25, -0.2) is 0 Å². The summed E-state index contributed by atoms with van der Waals surface area (Å²) in [4.78, 5) is 15.4. The third kappa shape index (κ3) is 3.54. The van der Waals surface area contributed by atoms with Gasteiger partial charge >= 0.3 is 0 Å². The fourth-order valence-corrected chi connectivity index (χ4v) is 3.82. The van der Waals surface area contributed by atoms with Gasteiger partial charge in [0.2, 0.25) is 0 Å². The van der Waals surface area contributed by atoms with Crippen LogP contribution in [0, 0.1) is 12.8 Å². The Morgan fingerprint density at radius 2 is 2.35 bits per heavy atom. The third-order valence-corrected chi connectivity index (χ3v) is 5.52. The molecule has 0 bridgehead atoms. The fraction of sp³-hybridized carbons (Fsp3) is 0.667. The first-order valence-electron chi connectivity index (χ1n) is 7.26. The molecule has 3 nitrogen and oxygen atoms in total. The van der Waals surface area contributed by atoms with E-state index in [1.165, 1.54) is 24.2 Å². The van der Waals surface area contributed by atoms with Crippen LogP contribution < -0.4 is 5.32 Å². The molecule has 5 heteroatoms. The van der Waals surface area contributed by atoms with Crippen molar-refractivity contribution in [3.8, 4) is 0 Å². The van der Waals surface area contributed by atoms with Gasteiger partial charge in [-0.15, -0.1) is 11.3 Å². The summed E-state index contributed by atoms with van der Waals surface area (Å²) in [5.74, 6) is 0.628. The van der Waals surface area contributed by atoms with Gasteiger partial charge in [-0.2, -0.15) is 0 Å². The van der Waals surface area contributed by atoms with Gasteiger partial charge in [-0.3, -0.25) is 4.79 Å². The number of nitrogens with zero attached hydrogens (tertiary/aromatic N) is 1. The van der Waals surface area contributed by atoms with E-state index in [1.54, 1.807) is 0 Å². The second-order valence-corrected chi connectivity index (χ2v) is 7.08. The molecule has 0 radical (unpaired) electrons. The average Bonchev–Trinajstić information content (AvgIpc) is 2.76. The van der Waals surface area contributed by atoms with Crippen LogP contribution in [0.3, 0.4) is 0 Å². The molecule has 0 saturated carbocycles. The Labute approximate surface area is 130 Å². The number of halogens is 1. The summed E-state index contributed by atoms with van der Waals surface area (Å²) in [5.41, 5.74) is 0.989. The Morgan fingerprint density at radius 3 is 2.85 bits per heavy atom. The number of hydrogen-bond acceptors (Lipinski definition) is 3. The lowest BCUT2D eigenvalue weighted by molar-refractivity contribution is 0.0666. The highest BCUT2D eigenvalue weighted by Gasteiger charge is 2.26. The van der Waals surface area contributed by atoms with Gasteiger partial charge in [0.05, 0.1) is 5.02 Å². The van der Waals surface area contributed by atoms with E-state index < -0.39 is 0 Å². The molecule has 1 amide bonds. The van der Waals surface area contributed by atoms with Gasteiger partial charge in [0, 0.05) is 12.6 Å². The standard InChI is InChI=1S/C15H23ClN2OS/c1-10(2)18(8-12-5-4-6-17-7-12)15(19)14-13(16)11(3)9-20-14/h9-10,12,17H,4-8H2,1-3H3. The lowest BCUT2D eigenvalue weighted by atomic mass is 9.98. The van der Waals surface area contributed by atoms with Crippen LogP contribution in [0.15, 0.2) is 5.38 Å². The number of hydrogen-bond donors (Lipinski definition) is 1. The molecule has 112 valence electrons. The van der Waals surface area contributed by atoms with Crippen LogP contribution >= 0.6 is 22.9 Å². The zero-order valence-electron chi connectivity index (χ0n) is 12.4. The summed E-state index contributed by atoms with van der Waals surface area (Å²) >= 11 is 7.70. The Hall–Kier alpha value is -0.580. The fourth-order valence-electron chi connectivity index (χ4n) is 2.59. The van der Waals surface area contributed by atoms with Crippen molar-refractivity contribution >= 4 is 28.8 Å². The first-order valence-corrected chi connectivity index (χ1v) is 8.51. The van der Waals surface area contributed by atoms with Crippen molar-refractivity contribution in [1.29, 1.82) is 0 Å². The molecule has 1 aliphatic rings. The second kappa shape index (κ2) is 6.92. The Kier molecular flexibility index (Phi) is 5.47. The molecule has 1 aromatic rings. The van der Waals surface area contributed by atoms with Crippen molar-refractivity contribution in [1.82, 2.24) is 10.2 Å². The van der Waals surface area contributed by atoms with Crippen molar-refractivity contribution < 1.29 is 4.79 Å². The SMILES string of the molecule is Cc1csc(C(=O)N(CC2CCCNC2)C(C)C)c1Cl. The largest absolute Gasteiger partial charge is 0.335 e. The van der Waals surface area contributed by atoms with E-state index in [-0.39, 0.29) is 11.9 Å². The molecule has 2 heterocycles. The number of rotatable bonds is 4. The quantitative estimate of drug-likeness (QED) is 0.921. The van der Waals surface area contributed by atoms with Crippen molar-refractivity contribution in [3.05, 3.63) is 20.8 Å². The van der Waals surface area contributed by atoms with Crippen LogP contribution in [0.1, 0.15) is 41.9 Å². The monoisotopic (exact) mass is 314 g/mol. The first-order chi connectivity index (χ1) is 9.50. The Balaban J connectivity index is 2.11. The van der Waals surface area contributed by atoms with Crippen molar-refractivity contribution in [3.63, 3.8) is 0 Å². The predicted octanol–water partition coefficient (Wildman–Crippen LogP) is 3.56. The molecule has 1 unspecified atom stereocenters. The van der Waals surface area contributed by atoms with Gasteiger partial charge in [0.1, 0.15) is 4.88 Å². The molecule has 1 atom stereocenters. The zero-order valence-corrected chi connectivity index (χ0v) is 14.0. The maximum atomic E-state index is 12.7. The highest BCUT2D eigenvalue weighted by atomic mass is 35.5. The van der Waals surface area contributed by atoms with Crippen molar-refractivity contribution in [2.24, 2.45) is 5.92 Å². The summed E-state index contributed by atoms with van der Waals surface area (Å²) in [6.45, 7) is 9.01. The molecule has 0 aromatic carbocycles. The summed E-state index contributed by atoms with van der Waals surface area (Å²) in [5, 5.41) is 5.98. The molecule has 1 saturated heterocycles. The molecule has 0 aliphatic carbocycles. The molecular formula is C15H23ClN2OS. The van der Waals surface area contributed by atoms with E-state index in [4.69, 9.17) is 11.6 Å². The number of aryl methyl sites for hydroxylation is 1. The van der Waals surface area contributed by atoms with Crippen LogP contribution in [-0.4, -0.2) is 36.5 Å². The van der Waals surface area contributed by atoms with Gasteiger partial charge in [-0.05, 0) is 63.6 Å². The molecule has 1 N–H and O–H groups in total. The van der Waals surface area contributed by atoms with Crippen LogP contribution in [0.5, 0.6) is 0 Å². The van der Waals surface area contributed by atoms with Gasteiger partial charge in [-0.1, -0.05) is 11.6 Å². The van der Waals surface area contributed by atoms with E-state index in [9.17, 15) is 4.79 Å². The minimum Gasteiger partial charge on any atom is -0.335 e. The van der Waals surface area contributed by atoms with E-state index in [0.717, 1.165) is 25.2 Å². The summed E-state index contributed by atoms with van der Waals surface area (Å²) < 4.78 is 0. The van der Waals surface area contributed by atoms with Crippen molar-refractivity contribution in [2.75, 3.05) is 19.6 Å². The highest BCUT2D eigenvalue weighted by Crippen LogP contribution is 2.29. The van der Waals surface area contributed by atoms with E-state index in [2.05, 4.69) is 19.2 Å². The summed E-state index contributed by atoms with van der Waals surface area (Å²) in [7, 11) is 0.